The predicted octanol–water partition coefficient (Wildman–Crippen LogP) is 0.604. The number of amides is 2. The predicted molar refractivity (Wildman–Crippen MR) is 57.7 cm³/mol. The van der Waals surface area contributed by atoms with Gasteiger partial charge in [0.1, 0.15) is 0 Å². The molecule has 0 radical (unpaired) electrons. The van der Waals surface area contributed by atoms with Gasteiger partial charge in [0.15, 0.2) is 0 Å². The minimum absolute atomic E-state index is 0.0795. The molecular weight excluding hydrogens is 210 g/mol. The largest absolute Gasteiger partial charge is 0.481 e. The van der Waals surface area contributed by atoms with Crippen LogP contribution < -0.4 is 0 Å². The molecule has 1 unspecified atom stereocenters. The number of urea groups is 1. The van der Waals surface area contributed by atoms with Crippen molar-refractivity contribution in [3.8, 4) is 6.07 Å². The van der Waals surface area contributed by atoms with Gasteiger partial charge in [-0.3, -0.25) is 4.79 Å². The SMILES string of the molecule is CC(C#N)CN(C)C(=O)N(C)CCC(=O)O. The van der Waals surface area contributed by atoms with Crippen LogP contribution in [0.4, 0.5) is 4.79 Å². The molecule has 6 nitrogen and oxygen atoms in total. The molecule has 16 heavy (non-hydrogen) atoms. The van der Waals surface area contributed by atoms with Crippen molar-refractivity contribution in [2.75, 3.05) is 27.2 Å². The molecule has 0 spiro atoms. The molecule has 6 heteroatoms. The van der Waals surface area contributed by atoms with Gasteiger partial charge >= 0.3 is 12.0 Å². The molecular formula is C10H17N3O3. The zero-order chi connectivity index (χ0) is 12.7. The van der Waals surface area contributed by atoms with Gasteiger partial charge in [0, 0.05) is 27.2 Å². The Labute approximate surface area is 95.1 Å². The van der Waals surface area contributed by atoms with E-state index in [1.807, 2.05) is 6.07 Å². The highest BCUT2D eigenvalue weighted by molar-refractivity contribution is 5.75. The summed E-state index contributed by atoms with van der Waals surface area (Å²) in [6, 6.07) is 1.76. The number of hydrogen-bond acceptors (Lipinski definition) is 3. The number of aliphatic carboxylic acids is 1. The number of hydrogen-bond donors (Lipinski definition) is 1. The smallest absolute Gasteiger partial charge is 0.319 e. The van der Waals surface area contributed by atoms with Crippen LogP contribution in [0.15, 0.2) is 0 Å². The first-order chi connectivity index (χ1) is 7.38. The molecule has 0 aliphatic rings. The highest BCUT2D eigenvalue weighted by atomic mass is 16.4. The van der Waals surface area contributed by atoms with Gasteiger partial charge in [0.25, 0.3) is 0 Å². The molecule has 0 aliphatic heterocycles. The Hall–Kier alpha value is -1.77. The van der Waals surface area contributed by atoms with E-state index in [4.69, 9.17) is 10.4 Å². The molecule has 0 aliphatic carbocycles. The summed E-state index contributed by atoms with van der Waals surface area (Å²) in [5.74, 6) is -1.17. The van der Waals surface area contributed by atoms with Crippen LogP contribution in [0.2, 0.25) is 0 Å². The standard InChI is InChI=1S/C10H17N3O3/c1-8(6-11)7-13(3)10(16)12(2)5-4-9(14)15/h8H,4-5,7H2,1-3H3,(H,14,15). The summed E-state index contributed by atoms with van der Waals surface area (Å²) in [6.07, 6.45) is -0.0795. The van der Waals surface area contributed by atoms with E-state index in [0.717, 1.165) is 0 Å². The van der Waals surface area contributed by atoms with Gasteiger partial charge in [-0.2, -0.15) is 5.26 Å². The Balaban J connectivity index is 4.12. The zero-order valence-electron chi connectivity index (χ0n) is 9.80. The highest BCUT2D eigenvalue weighted by Crippen LogP contribution is 2.00. The third-order valence-corrected chi connectivity index (χ3v) is 2.08. The Kier molecular flexibility index (Phi) is 5.93. The van der Waals surface area contributed by atoms with E-state index in [9.17, 15) is 9.59 Å². The van der Waals surface area contributed by atoms with Gasteiger partial charge in [-0.25, -0.2) is 4.79 Å². The van der Waals surface area contributed by atoms with Crippen molar-refractivity contribution in [3.05, 3.63) is 0 Å². The Morgan fingerprint density at radius 1 is 1.38 bits per heavy atom. The lowest BCUT2D eigenvalue weighted by Gasteiger charge is -2.25. The first-order valence-electron chi connectivity index (χ1n) is 4.96. The van der Waals surface area contributed by atoms with Crippen molar-refractivity contribution >= 4 is 12.0 Å². The summed E-state index contributed by atoms with van der Waals surface area (Å²) in [4.78, 5) is 24.7. The van der Waals surface area contributed by atoms with Crippen LogP contribution in [0, 0.1) is 17.2 Å². The molecule has 1 N–H and O–H groups in total. The van der Waals surface area contributed by atoms with Crippen molar-refractivity contribution in [2.24, 2.45) is 5.92 Å². The molecule has 0 saturated heterocycles. The van der Waals surface area contributed by atoms with Gasteiger partial charge in [-0.05, 0) is 6.92 Å². The van der Waals surface area contributed by atoms with Gasteiger partial charge in [0.05, 0.1) is 18.4 Å². The molecule has 0 fully saturated rings. The second-order valence-corrected chi connectivity index (χ2v) is 3.76. The van der Waals surface area contributed by atoms with Crippen LogP contribution in [0.3, 0.4) is 0 Å². The van der Waals surface area contributed by atoms with Crippen LogP contribution in [-0.4, -0.2) is 54.1 Å². The maximum atomic E-state index is 11.7. The zero-order valence-corrected chi connectivity index (χ0v) is 9.80. The third kappa shape index (κ3) is 5.20. The van der Waals surface area contributed by atoms with E-state index in [-0.39, 0.29) is 24.9 Å². The van der Waals surface area contributed by atoms with Crippen molar-refractivity contribution < 1.29 is 14.7 Å². The van der Waals surface area contributed by atoms with E-state index in [1.165, 1.54) is 9.80 Å². The molecule has 90 valence electrons. The van der Waals surface area contributed by atoms with Crippen LogP contribution in [-0.2, 0) is 4.79 Å². The van der Waals surface area contributed by atoms with Crippen molar-refractivity contribution in [1.82, 2.24) is 9.80 Å². The molecule has 0 heterocycles. The van der Waals surface area contributed by atoms with Gasteiger partial charge in [-0.1, -0.05) is 0 Å². The molecule has 1 atom stereocenters. The van der Waals surface area contributed by atoms with E-state index < -0.39 is 5.97 Å². The molecule has 0 saturated carbocycles. The topological polar surface area (TPSA) is 84.6 Å². The number of carbonyl (C=O) groups excluding carboxylic acids is 1. The number of nitriles is 1. The summed E-state index contributed by atoms with van der Waals surface area (Å²) >= 11 is 0. The van der Waals surface area contributed by atoms with E-state index in [2.05, 4.69) is 0 Å². The fourth-order valence-corrected chi connectivity index (χ4v) is 1.18. The van der Waals surface area contributed by atoms with Crippen LogP contribution in [0.1, 0.15) is 13.3 Å². The first-order valence-corrected chi connectivity index (χ1v) is 4.96. The second kappa shape index (κ2) is 6.67. The number of carbonyl (C=O) groups is 2. The molecule has 0 aromatic rings. The fraction of sp³-hybridized carbons (Fsp3) is 0.700. The molecule has 0 aromatic carbocycles. The second-order valence-electron chi connectivity index (χ2n) is 3.76. The quantitative estimate of drug-likeness (QED) is 0.745. The maximum Gasteiger partial charge on any atom is 0.319 e. The lowest BCUT2D eigenvalue weighted by atomic mass is 10.2. The summed E-state index contributed by atoms with van der Waals surface area (Å²) in [5.41, 5.74) is 0. The average molecular weight is 227 g/mol. The minimum atomic E-state index is -0.937. The average Bonchev–Trinajstić information content (AvgIpc) is 2.24. The van der Waals surface area contributed by atoms with E-state index >= 15 is 0 Å². The molecule has 0 aromatic heterocycles. The normalized spacial score (nSPS) is 11.4. The maximum absolute atomic E-state index is 11.7. The third-order valence-electron chi connectivity index (χ3n) is 2.08. The first kappa shape index (κ1) is 14.2. The van der Waals surface area contributed by atoms with Crippen LogP contribution >= 0.6 is 0 Å². The number of rotatable bonds is 5. The van der Waals surface area contributed by atoms with E-state index in [0.29, 0.717) is 6.54 Å². The van der Waals surface area contributed by atoms with Crippen LogP contribution in [0.5, 0.6) is 0 Å². The lowest BCUT2D eigenvalue weighted by Crippen LogP contribution is -2.41. The Morgan fingerprint density at radius 3 is 2.38 bits per heavy atom. The van der Waals surface area contributed by atoms with Gasteiger partial charge in [-0.15, -0.1) is 0 Å². The van der Waals surface area contributed by atoms with Crippen molar-refractivity contribution in [2.45, 2.75) is 13.3 Å². The summed E-state index contributed by atoms with van der Waals surface area (Å²) < 4.78 is 0. The highest BCUT2D eigenvalue weighted by Gasteiger charge is 2.16. The number of carboxylic acid groups (broad SMARTS) is 1. The number of nitrogens with zero attached hydrogens (tertiary/aromatic N) is 3. The Morgan fingerprint density at radius 2 is 1.94 bits per heavy atom. The van der Waals surface area contributed by atoms with Gasteiger partial charge < -0.3 is 14.9 Å². The van der Waals surface area contributed by atoms with Crippen LogP contribution in [0.25, 0.3) is 0 Å². The summed E-state index contributed by atoms with van der Waals surface area (Å²) in [7, 11) is 3.13. The van der Waals surface area contributed by atoms with E-state index in [1.54, 1.807) is 21.0 Å². The van der Waals surface area contributed by atoms with Gasteiger partial charge in [0.2, 0.25) is 0 Å². The summed E-state index contributed by atoms with van der Waals surface area (Å²) in [5, 5.41) is 17.1. The Bertz CT molecular complexity index is 298. The minimum Gasteiger partial charge on any atom is -0.481 e. The molecule has 2 amide bonds. The monoisotopic (exact) mass is 227 g/mol. The summed E-state index contributed by atoms with van der Waals surface area (Å²) in [6.45, 7) is 2.23. The fourth-order valence-electron chi connectivity index (χ4n) is 1.18. The lowest BCUT2D eigenvalue weighted by molar-refractivity contribution is -0.137. The molecule has 0 rings (SSSR count). The van der Waals surface area contributed by atoms with Crippen molar-refractivity contribution in [3.63, 3.8) is 0 Å². The number of carboxylic acids is 1. The molecule has 0 bridgehead atoms. The van der Waals surface area contributed by atoms with Crippen molar-refractivity contribution in [1.29, 1.82) is 5.26 Å².